The van der Waals surface area contributed by atoms with Crippen molar-refractivity contribution < 1.29 is 14.3 Å². The maximum Gasteiger partial charge on any atom is 0.248 e. The molecular formula is C16H21N3O3S. The van der Waals surface area contributed by atoms with Gasteiger partial charge in [-0.05, 0) is 37.6 Å². The van der Waals surface area contributed by atoms with Crippen LogP contribution in [-0.2, 0) is 9.59 Å². The molecule has 6 nitrogen and oxygen atoms in total. The Balaban J connectivity index is 1.64. The summed E-state index contributed by atoms with van der Waals surface area (Å²) < 4.78 is 5.41. The number of nitrogens with zero attached hydrogens (tertiary/aromatic N) is 1. The average molecular weight is 335 g/mol. The van der Waals surface area contributed by atoms with E-state index >= 15 is 0 Å². The van der Waals surface area contributed by atoms with E-state index in [-0.39, 0.29) is 16.7 Å². The van der Waals surface area contributed by atoms with Gasteiger partial charge in [-0.25, -0.2) is 0 Å². The molecule has 1 aromatic carbocycles. The number of benzene rings is 1. The van der Waals surface area contributed by atoms with E-state index in [9.17, 15) is 9.59 Å². The Morgan fingerprint density at radius 3 is 2.91 bits per heavy atom. The molecule has 0 aliphatic carbocycles. The molecule has 0 spiro atoms. The largest absolute Gasteiger partial charge is 0.492 e. The fraction of sp³-hybridized carbons (Fsp3) is 0.500. The van der Waals surface area contributed by atoms with Gasteiger partial charge in [0.15, 0.2) is 0 Å². The fourth-order valence-corrected chi connectivity index (χ4v) is 4.48. The van der Waals surface area contributed by atoms with Crippen LogP contribution in [0.25, 0.3) is 0 Å². The zero-order chi connectivity index (χ0) is 16.4. The second-order valence-corrected chi connectivity index (χ2v) is 7.42. The maximum atomic E-state index is 12.5. The number of thioether (sulfide) groups is 1. The fourth-order valence-electron chi connectivity index (χ4n) is 3.05. The van der Waals surface area contributed by atoms with E-state index < -0.39 is 6.04 Å². The molecule has 0 aromatic heterocycles. The highest BCUT2D eigenvalue weighted by atomic mass is 32.2. The number of anilines is 1. The third-order valence-electron chi connectivity index (χ3n) is 4.26. The molecule has 2 aliphatic heterocycles. The van der Waals surface area contributed by atoms with E-state index in [4.69, 9.17) is 10.5 Å². The van der Waals surface area contributed by atoms with E-state index in [0.717, 1.165) is 6.42 Å². The quantitative estimate of drug-likeness (QED) is 0.850. The number of carbonyl (C=O) groups excluding carboxylic acids is 2. The number of carbonyl (C=O) groups is 2. The highest BCUT2D eigenvalue weighted by Crippen LogP contribution is 2.47. The molecule has 2 atom stereocenters. The smallest absolute Gasteiger partial charge is 0.248 e. The first-order valence-corrected chi connectivity index (χ1v) is 8.72. The van der Waals surface area contributed by atoms with Crippen LogP contribution in [0, 0.1) is 0 Å². The summed E-state index contributed by atoms with van der Waals surface area (Å²) in [5.41, 5.74) is 6.08. The lowest BCUT2D eigenvalue weighted by Crippen LogP contribution is -2.48. The number of hydrogen-bond acceptors (Lipinski definition) is 5. The Kier molecular flexibility index (Phi) is 4.50. The minimum Gasteiger partial charge on any atom is -0.492 e. The van der Waals surface area contributed by atoms with Gasteiger partial charge < -0.3 is 20.7 Å². The first-order valence-electron chi connectivity index (χ1n) is 7.73. The van der Waals surface area contributed by atoms with Crippen LogP contribution in [0.3, 0.4) is 0 Å². The van der Waals surface area contributed by atoms with E-state index in [2.05, 4.69) is 5.32 Å². The molecule has 7 heteroatoms. The zero-order valence-electron chi connectivity index (χ0n) is 13.1. The summed E-state index contributed by atoms with van der Waals surface area (Å²) >= 11 is 1.69. The van der Waals surface area contributed by atoms with Gasteiger partial charge in [-0.3, -0.25) is 9.59 Å². The van der Waals surface area contributed by atoms with Crippen molar-refractivity contribution in [3.05, 3.63) is 24.3 Å². The molecule has 3 N–H and O–H groups in total. The van der Waals surface area contributed by atoms with Crippen LogP contribution < -0.4 is 15.8 Å². The Hall–Kier alpha value is -1.73. The van der Waals surface area contributed by atoms with Gasteiger partial charge in [0.25, 0.3) is 0 Å². The van der Waals surface area contributed by atoms with E-state index in [1.807, 2.05) is 6.92 Å². The molecule has 1 aromatic rings. The SMILES string of the molecule is CC12CCC(=O)N1C(C(=O)Nc1ccc(OCCN)cc1)CS2. The molecule has 124 valence electrons. The van der Waals surface area contributed by atoms with Gasteiger partial charge >= 0.3 is 0 Å². The second-order valence-electron chi connectivity index (χ2n) is 5.92. The second kappa shape index (κ2) is 6.41. The molecule has 3 rings (SSSR count). The van der Waals surface area contributed by atoms with Crippen LogP contribution in [0.2, 0.25) is 0 Å². The Bertz CT molecular complexity index is 607. The lowest BCUT2D eigenvalue weighted by atomic mass is 10.2. The number of rotatable bonds is 5. The van der Waals surface area contributed by atoms with Crippen molar-refractivity contribution in [1.29, 1.82) is 0 Å². The zero-order valence-corrected chi connectivity index (χ0v) is 13.9. The Morgan fingerprint density at radius 1 is 1.48 bits per heavy atom. The highest BCUT2D eigenvalue weighted by molar-refractivity contribution is 8.01. The summed E-state index contributed by atoms with van der Waals surface area (Å²) in [5, 5.41) is 2.89. The predicted octanol–water partition coefficient (Wildman–Crippen LogP) is 1.42. The van der Waals surface area contributed by atoms with Crippen molar-refractivity contribution in [2.24, 2.45) is 5.73 Å². The van der Waals surface area contributed by atoms with Gasteiger partial charge in [0, 0.05) is 24.4 Å². The minimum absolute atomic E-state index is 0.0724. The van der Waals surface area contributed by atoms with Gasteiger partial charge in [0.05, 0.1) is 4.87 Å². The number of ether oxygens (including phenoxy) is 1. The standard InChI is InChI=1S/C16H21N3O3S/c1-16-7-6-14(20)19(16)13(10-23-16)15(21)18-11-2-4-12(5-3-11)22-9-8-17/h2-5,13H,6-10,17H2,1H3,(H,18,21). The summed E-state index contributed by atoms with van der Waals surface area (Å²) in [6.45, 7) is 2.96. The van der Waals surface area contributed by atoms with Crippen LogP contribution in [0.15, 0.2) is 24.3 Å². The molecule has 2 amide bonds. The molecule has 2 heterocycles. The summed E-state index contributed by atoms with van der Waals surface area (Å²) in [6, 6.07) is 6.76. The lowest BCUT2D eigenvalue weighted by Gasteiger charge is -2.29. The van der Waals surface area contributed by atoms with E-state index in [0.29, 0.717) is 36.8 Å². The van der Waals surface area contributed by atoms with E-state index in [1.54, 1.807) is 40.9 Å². The first kappa shape index (κ1) is 16.1. The van der Waals surface area contributed by atoms with Crippen molar-refractivity contribution in [2.45, 2.75) is 30.7 Å². The van der Waals surface area contributed by atoms with Gasteiger partial charge in [0.1, 0.15) is 18.4 Å². The monoisotopic (exact) mass is 335 g/mol. The first-order chi connectivity index (χ1) is 11.0. The normalized spacial score (nSPS) is 26.3. The third kappa shape index (κ3) is 3.16. The van der Waals surface area contributed by atoms with Crippen LogP contribution in [0.5, 0.6) is 5.75 Å². The lowest BCUT2D eigenvalue weighted by molar-refractivity contribution is -0.135. The molecule has 2 aliphatic rings. The molecule has 23 heavy (non-hydrogen) atoms. The van der Waals surface area contributed by atoms with Crippen molar-refractivity contribution >= 4 is 29.3 Å². The molecule has 2 saturated heterocycles. The van der Waals surface area contributed by atoms with Gasteiger partial charge in [-0.15, -0.1) is 11.8 Å². The number of hydrogen-bond donors (Lipinski definition) is 2. The van der Waals surface area contributed by atoms with E-state index in [1.165, 1.54) is 0 Å². The number of nitrogens with one attached hydrogen (secondary N) is 1. The van der Waals surface area contributed by atoms with Crippen LogP contribution in [-0.4, -0.2) is 46.5 Å². The predicted molar refractivity (Wildman–Crippen MR) is 90.4 cm³/mol. The summed E-state index contributed by atoms with van der Waals surface area (Å²) in [5.74, 6) is 1.30. The van der Waals surface area contributed by atoms with Gasteiger partial charge in [-0.2, -0.15) is 0 Å². The summed E-state index contributed by atoms with van der Waals surface area (Å²) in [7, 11) is 0. The average Bonchev–Trinajstić information content (AvgIpc) is 3.03. The molecule has 2 fully saturated rings. The molecule has 0 radical (unpaired) electrons. The number of nitrogens with two attached hydrogens (primary N) is 1. The third-order valence-corrected chi connectivity index (χ3v) is 5.76. The minimum atomic E-state index is -0.395. The molecular weight excluding hydrogens is 314 g/mol. The molecule has 2 unspecified atom stereocenters. The van der Waals surface area contributed by atoms with Crippen LogP contribution in [0.1, 0.15) is 19.8 Å². The van der Waals surface area contributed by atoms with Gasteiger partial charge in [-0.1, -0.05) is 0 Å². The van der Waals surface area contributed by atoms with Gasteiger partial charge in [0.2, 0.25) is 11.8 Å². The maximum absolute atomic E-state index is 12.5. The number of fused-ring (bicyclic) bond motifs is 1. The van der Waals surface area contributed by atoms with Crippen molar-refractivity contribution in [3.63, 3.8) is 0 Å². The summed E-state index contributed by atoms with van der Waals surface area (Å²) in [6.07, 6.45) is 1.34. The van der Waals surface area contributed by atoms with Crippen LogP contribution >= 0.6 is 11.8 Å². The highest BCUT2D eigenvalue weighted by Gasteiger charge is 2.52. The van der Waals surface area contributed by atoms with Crippen molar-refractivity contribution in [2.75, 3.05) is 24.2 Å². The van der Waals surface area contributed by atoms with Crippen molar-refractivity contribution in [1.82, 2.24) is 4.90 Å². The summed E-state index contributed by atoms with van der Waals surface area (Å²) in [4.78, 5) is 26.1. The number of amides is 2. The molecule has 0 bridgehead atoms. The topological polar surface area (TPSA) is 84.7 Å². The molecule has 0 saturated carbocycles. The van der Waals surface area contributed by atoms with Crippen LogP contribution in [0.4, 0.5) is 5.69 Å². The van der Waals surface area contributed by atoms with Crippen molar-refractivity contribution in [3.8, 4) is 5.75 Å². The Labute approximate surface area is 139 Å². The Morgan fingerprint density at radius 2 is 2.22 bits per heavy atom.